The number of likely N-dealkylation sites (N-methyl/N-ethyl adjacent to an activating group) is 1. The van der Waals surface area contributed by atoms with Crippen LogP contribution in [0.4, 0.5) is 8.78 Å². The van der Waals surface area contributed by atoms with E-state index in [9.17, 15) is 8.78 Å². The standard InChI is InChI=1S/C16H26F2N2/c1-5-16(4,20(6-2)7-3)15(19)10-12-8-13(17)11-14(18)9-12/h8-9,11,15H,5-7,10,19H2,1-4H3. The summed E-state index contributed by atoms with van der Waals surface area (Å²) in [5.74, 6) is -1.10. The molecule has 1 aromatic carbocycles. The summed E-state index contributed by atoms with van der Waals surface area (Å²) in [7, 11) is 0. The van der Waals surface area contributed by atoms with Gasteiger partial charge in [0, 0.05) is 17.6 Å². The molecule has 0 aromatic heterocycles. The predicted molar refractivity (Wildman–Crippen MR) is 79.7 cm³/mol. The van der Waals surface area contributed by atoms with E-state index in [1.54, 1.807) is 0 Å². The van der Waals surface area contributed by atoms with Crippen molar-refractivity contribution < 1.29 is 8.78 Å². The molecule has 0 amide bonds. The average Bonchev–Trinajstić information content (AvgIpc) is 2.38. The first-order chi connectivity index (χ1) is 9.37. The van der Waals surface area contributed by atoms with Crippen LogP contribution in [-0.4, -0.2) is 29.6 Å². The highest BCUT2D eigenvalue weighted by Crippen LogP contribution is 2.25. The van der Waals surface area contributed by atoms with E-state index in [2.05, 4.69) is 32.6 Å². The van der Waals surface area contributed by atoms with Gasteiger partial charge in [0.15, 0.2) is 0 Å². The Morgan fingerprint density at radius 2 is 1.60 bits per heavy atom. The molecule has 2 unspecified atom stereocenters. The Bertz CT molecular complexity index is 412. The van der Waals surface area contributed by atoms with Crippen molar-refractivity contribution in [1.82, 2.24) is 4.90 Å². The smallest absolute Gasteiger partial charge is 0.126 e. The Hall–Kier alpha value is -1.00. The second-order valence-electron chi connectivity index (χ2n) is 5.47. The first-order valence-corrected chi connectivity index (χ1v) is 7.32. The van der Waals surface area contributed by atoms with Gasteiger partial charge in [-0.05, 0) is 50.6 Å². The lowest BCUT2D eigenvalue weighted by atomic mass is 9.84. The summed E-state index contributed by atoms with van der Waals surface area (Å²) in [6.07, 6.45) is 1.36. The predicted octanol–water partition coefficient (Wildman–Crippen LogP) is 3.35. The zero-order chi connectivity index (χ0) is 15.3. The molecule has 0 fully saturated rings. The molecule has 114 valence electrons. The highest BCUT2D eigenvalue weighted by molar-refractivity contribution is 5.20. The van der Waals surface area contributed by atoms with Crippen molar-refractivity contribution in [2.45, 2.75) is 52.1 Å². The fraction of sp³-hybridized carbons (Fsp3) is 0.625. The molecular weight excluding hydrogens is 258 g/mol. The van der Waals surface area contributed by atoms with Crippen molar-refractivity contribution >= 4 is 0 Å². The van der Waals surface area contributed by atoms with Gasteiger partial charge in [-0.15, -0.1) is 0 Å². The topological polar surface area (TPSA) is 29.3 Å². The van der Waals surface area contributed by atoms with Gasteiger partial charge in [-0.25, -0.2) is 8.78 Å². The summed E-state index contributed by atoms with van der Waals surface area (Å²) in [6.45, 7) is 10.3. The summed E-state index contributed by atoms with van der Waals surface area (Å²) < 4.78 is 26.5. The van der Waals surface area contributed by atoms with E-state index < -0.39 is 11.6 Å². The van der Waals surface area contributed by atoms with Gasteiger partial charge >= 0.3 is 0 Å². The molecule has 0 bridgehead atoms. The zero-order valence-electron chi connectivity index (χ0n) is 12.9. The lowest BCUT2D eigenvalue weighted by Crippen LogP contribution is -2.58. The van der Waals surface area contributed by atoms with E-state index in [-0.39, 0.29) is 11.6 Å². The third-order valence-corrected chi connectivity index (χ3v) is 4.38. The Kier molecular flexibility index (Phi) is 6.08. The zero-order valence-corrected chi connectivity index (χ0v) is 12.9. The molecule has 1 aromatic rings. The van der Waals surface area contributed by atoms with E-state index in [4.69, 9.17) is 5.73 Å². The van der Waals surface area contributed by atoms with Crippen molar-refractivity contribution in [3.05, 3.63) is 35.4 Å². The van der Waals surface area contributed by atoms with Crippen molar-refractivity contribution in [3.63, 3.8) is 0 Å². The maximum atomic E-state index is 13.3. The van der Waals surface area contributed by atoms with Crippen LogP contribution in [0.3, 0.4) is 0 Å². The fourth-order valence-electron chi connectivity index (χ4n) is 2.87. The largest absolute Gasteiger partial charge is 0.326 e. The molecule has 0 heterocycles. The summed E-state index contributed by atoms with van der Waals surface area (Å²) in [5, 5.41) is 0. The van der Waals surface area contributed by atoms with Crippen molar-refractivity contribution in [2.24, 2.45) is 5.73 Å². The van der Waals surface area contributed by atoms with E-state index in [0.717, 1.165) is 25.6 Å². The molecule has 0 saturated carbocycles. The van der Waals surface area contributed by atoms with Crippen molar-refractivity contribution in [2.75, 3.05) is 13.1 Å². The normalized spacial score (nSPS) is 16.2. The van der Waals surface area contributed by atoms with Gasteiger partial charge in [0.1, 0.15) is 11.6 Å². The molecular formula is C16H26F2N2. The molecule has 0 spiro atoms. The summed E-state index contributed by atoms with van der Waals surface area (Å²) >= 11 is 0. The molecule has 20 heavy (non-hydrogen) atoms. The Morgan fingerprint density at radius 1 is 1.10 bits per heavy atom. The minimum atomic E-state index is -0.548. The Morgan fingerprint density at radius 3 is 2.00 bits per heavy atom. The first-order valence-electron chi connectivity index (χ1n) is 7.32. The van der Waals surface area contributed by atoms with Gasteiger partial charge in [0.25, 0.3) is 0 Å². The lowest BCUT2D eigenvalue weighted by molar-refractivity contribution is 0.0844. The number of hydrogen-bond acceptors (Lipinski definition) is 2. The molecule has 1 rings (SSSR count). The minimum absolute atomic E-state index is 0.173. The van der Waals surface area contributed by atoms with E-state index in [1.807, 2.05) is 0 Å². The van der Waals surface area contributed by atoms with Crippen LogP contribution in [0.1, 0.15) is 39.7 Å². The number of hydrogen-bond donors (Lipinski definition) is 1. The molecule has 0 aliphatic carbocycles. The second kappa shape index (κ2) is 7.14. The first kappa shape index (κ1) is 17.1. The van der Waals surface area contributed by atoms with Gasteiger partial charge in [-0.3, -0.25) is 4.90 Å². The number of nitrogens with two attached hydrogens (primary N) is 1. The van der Waals surface area contributed by atoms with Crippen LogP contribution in [0, 0.1) is 11.6 Å². The fourth-order valence-corrected chi connectivity index (χ4v) is 2.87. The number of halogens is 2. The van der Waals surface area contributed by atoms with Crippen molar-refractivity contribution in [3.8, 4) is 0 Å². The molecule has 0 aliphatic rings. The summed E-state index contributed by atoms with van der Waals surface area (Å²) in [4.78, 5) is 2.31. The third-order valence-electron chi connectivity index (χ3n) is 4.38. The number of rotatable bonds is 7. The Labute approximate surface area is 121 Å². The molecule has 2 nitrogen and oxygen atoms in total. The quantitative estimate of drug-likeness (QED) is 0.832. The van der Waals surface area contributed by atoms with Crippen LogP contribution in [0.25, 0.3) is 0 Å². The lowest BCUT2D eigenvalue weighted by Gasteiger charge is -2.44. The monoisotopic (exact) mass is 284 g/mol. The second-order valence-corrected chi connectivity index (χ2v) is 5.47. The molecule has 0 radical (unpaired) electrons. The molecule has 0 saturated heterocycles. The number of nitrogens with zero attached hydrogens (tertiary/aromatic N) is 1. The number of benzene rings is 1. The van der Waals surface area contributed by atoms with Crippen LogP contribution in [-0.2, 0) is 6.42 Å². The summed E-state index contributed by atoms with van der Waals surface area (Å²) in [5.41, 5.74) is 6.80. The van der Waals surface area contributed by atoms with Crippen LogP contribution >= 0.6 is 0 Å². The van der Waals surface area contributed by atoms with Gasteiger partial charge < -0.3 is 5.73 Å². The van der Waals surface area contributed by atoms with E-state index in [0.29, 0.717) is 12.0 Å². The van der Waals surface area contributed by atoms with Gasteiger partial charge in [-0.1, -0.05) is 20.8 Å². The van der Waals surface area contributed by atoms with Gasteiger partial charge in [0.05, 0.1) is 0 Å². The van der Waals surface area contributed by atoms with Gasteiger partial charge in [0.2, 0.25) is 0 Å². The molecule has 4 heteroatoms. The third kappa shape index (κ3) is 3.76. The van der Waals surface area contributed by atoms with Crippen LogP contribution in [0.2, 0.25) is 0 Å². The van der Waals surface area contributed by atoms with Crippen molar-refractivity contribution in [1.29, 1.82) is 0 Å². The van der Waals surface area contributed by atoms with E-state index >= 15 is 0 Å². The molecule has 2 N–H and O–H groups in total. The Balaban J connectivity index is 2.94. The SMILES string of the molecule is CCN(CC)C(C)(CC)C(N)Cc1cc(F)cc(F)c1. The maximum absolute atomic E-state index is 13.3. The maximum Gasteiger partial charge on any atom is 0.126 e. The minimum Gasteiger partial charge on any atom is -0.326 e. The van der Waals surface area contributed by atoms with Crippen LogP contribution < -0.4 is 5.73 Å². The van der Waals surface area contributed by atoms with Crippen LogP contribution in [0.5, 0.6) is 0 Å². The average molecular weight is 284 g/mol. The van der Waals surface area contributed by atoms with Crippen LogP contribution in [0.15, 0.2) is 18.2 Å². The molecule has 0 aliphatic heterocycles. The highest BCUT2D eigenvalue weighted by Gasteiger charge is 2.34. The highest BCUT2D eigenvalue weighted by atomic mass is 19.1. The summed E-state index contributed by atoms with van der Waals surface area (Å²) in [6, 6.07) is 3.44. The van der Waals surface area contributed by atoms with Gasteiger partial charge in [-0.2, -0.15) is 0 Å². The van der Waals surface area contributed by atoms with E-state index in [1.165, 1.54) is 12.1 Å². The molecule has 2 atom stereocenters.